The Morgan fingerprint density at radius 3 is 2.54 bits per heavy atom. The maximum atomic E-state index is 11.1. The molecule has 0 aliphatic carbocycles. The van der Waals surface area contributed by atoms with Crippen molar-refractivity contribution < 1.29 is 14.3 Å². The van der Waals surface area contributed by atoms with Crippen LogP contribution in [0.15, 0.2) is 0 Å². The molecule has 76 valence electrons. The molecule has 0 bridgehead atoms. The third kappa shape index (κ3) is 5.22. The van der Waals surface area contributed by atoms with Crippen molar-refractivity contribution in [1.82, 2.24) is 4.90 Å². The van der Waals surface area contributed by atoms with Gasteiger partial charge in [0, 0.05) is 6.54 Å². The van der Waals surface area contributed by atoms with Gasteiger partial charge in [-0.15, -0.1) is 0 Å². The van der Waals surface area contributed by atoms with Crippen LogP contribution in [-0.2, 0) is 9.53 Å². The lowest BCUT2D eigenvalue weighted by Gasteiger charge is -2.14. The van der Waals surface area contributed by atoms with E-state index in [9.17, 15) is 9.59 Å². The van der Waals surface area contributed by atoms with Crippen molar-refractivity contribution >= 4 is 12.5 Å². The molecule has 0 aliphatic heterocycles. The van der Waals surface area contributed by atoms with E-state index in [1.54, 1.807) is 0 Å². The molecule has 2 amide bonds. The Labute approximate surface area is 78.9 Å². The quantitative estimate of drug-likeness (QED) is 0.595. The van der Waals surface area contributed by atoms with Gasteiger partial charge in [-0.1, -0.05) is 20.3 Å². The van der Waals surface area contributed by atoms with Gasteiger partial charge >= 0.3 is 6.09 Å². The lowest BCUT2D eigenvalue weighted by atomic mass is 10.3. The number of nitrogens with zero attached hydrogens (tertiary/aromatic N) is 1. The van der Waals surface area contributed by atoms with Crippen molar-refractivity contribution in [3.63, 3.8) is 0 Å². The first kappa shape index (κ1) is 11.9. The minimum Gasteiger partial charge on any atom is -0.449 e. The molecule has 4 heteroatoms. The molecular formula is C9H17NO3. The van der Waals surface area contributed by atoms with Gasteiger partial charge in [-0.25, -0.2) is 4.79 Å². The highest BCUT2D eigenvalue weighted by Crippen LogP contribution is 1.96. The SMILES string of the molecule is CCCCN(C=O)C(=O)OCCC. The largest absolute Gasteiger partial charge is 0.449 e. The van der Waals surface area contributed by atoms with Crippen LogP contribution in [0.5, 0.6) is 0 Å². The minimum atomic E-state index is -0.537. The normalized spacial score (nSPS) is 9.38. The molecule has 4 nitrogen and oxygen atoms in total. The van der Waals surface area contributed by atoms with Crippen LogP contribution in [-0.4, -0.2) is 30.6 Å². The molecule has 0 spiro atoms. The summed E-state index contributed by atoms with van der Waals surface area (Å²) in [6.45, 7) is 4.72. The third-order valence-corrected chi connectivity index (χ3v) is 1.54. The summed E-state index contributed by atoms with van der Waals surface area (Å²) >= 11 is 0. The van der Waals surface area contributed by atoms with Crippen LogP contribution in [0.2, 0.25) is 0 Å². The van der Waals surface area contributed by atoms with Crippen LogP contribution in [0.25, 0.3) is 0 Å². The van der Waals surface area contributed by atoms with E-state index in [0.717, 1.165) is 24.2 Å². The first-order valence-electron chi connectivity index (χ1n) is 4.64. The van der Waals surface area contributed by atoms with Gasteiger partial charge in [0.2, 0.25) is 6.41 Å². The molecule has 13 heavy (non-hydrogen) atoms. The molecule has 0 unspecified atom stereocenters. The van der Waals surface area contributed by atoms with E-state index in [2.05, 4.69) is 0 Å². The van der Waals surface area contributed by atoms with Crippen molar-refractivity contribution in [2.24, 2.45) is 0 Å². The highest BCUT2D eigenvalue weighted by Gasteiger charge is 2.11. The van der Waals surface area contributed by atoms with Gasteiger partial charge in [-0.2, -0.15) is 0 Å². The average molecular weight is 187 g/mol. The number of rotatable bonds is 6. The van der Waals surface area contributed by atoms with Crippen molar-refractivity contribution in [1.29, 1.82) is 0 Å². The smallest absolute Gasteiger partial charge is 0.416 e. The van der Waals surface area contributed by atoms with E-state index >= 15 is 0 Å². The zero-order chi connectivity index (χ0) is 10.1. The summed E-state index contributed by atoms with van der Waals surface area (Å²) in [5.74, 6) is 0. The second-order valence-corrected chi connectivity index (χ2v) is 2.77. The number of imide groups is 1. The summed E-state index contributed by atoms with van der Waals surface area (Å²) < 4.78 is 4.80. The predicted octanol–water partition coefficient (Wildman–Crippen LogP) is 1.79. The van der Waals surface area contributed by atoms with E-state index < -0.39 is 6.09 Å². The van der Waals surface area contributed by atoms with Gasteiger partial charge in [-0.3, -0.25) is 9.69 Å². The molecule has 0 heterocycles. The number of unbranched alkanes of at least 4 members (excludes halogenated alkanes) is 1. The van der Waals surface area contributed by atoms with E-state index in [4.69, 9.17) is 4.74 Å². The Hall–Kier alpha value is -1.06. The standard InChI is InChI=1S/C9H17NO3/c1-3-5-6-10(8-11)9(12)13-7-4-2/h8H,3-7H2,1-2H3. The molecule has 0 saturated heterocycles. The molecule has 0 fully saturated rings. The van der Waals surface area contributed by atoms with Crippen molar-refractivity contribution in [3.8, 4) is 0 Å². The second-order valence-electron chi connectivity index (χ2n) is 2.77. The molecule has 0 radical (unpaired) electrons. The molecule has 0 aromatic carbocycles. The Morgan fingerprint density at radius 2 is 2.08 bits per heavy atom. The number of hydrogen-bond acceptors (Lipinski definition) is 3. The van der Waals surface area contributed by atoms with Gasteiger partial charge in [-0.05, 0) is 12.8 Å². The Kier molecular flexibility index (Phi) is 6.96. The lowest BCUT2D eigenvalue weighted by molar-refractivity contribution is -0.116. The van der Waals surface area contributed by atoms with Crippen LogP contribution >= 0.6 is 0 Å². The minimum absolute atomic E-state index is 0.370. The number of carbonyl (C=O) groups excluding carboxylic acids is 2. The summed E-state index contributed by atoms with van der Waals surface area (Å²) in [6, 6.07) is 0. The van der Waals surface area contributed by atoms with Crippen molar-refractivity contribution in [3.05, 3.63) is 0 Å². The number of ether oxygens (including phenoxy) is 1. The molecule has 0 saturated carbocycles. The summed E-state index contributed by atoms with van der Waals surface area (Å²) in [5.41, 5.74) is 0. The van der Waals surface area contributed by atoms with Crippen LogP contribution in [0.3, 0.4) is 0 Å². The number of hydrogen-bond donors (Lipinski definition) is 0. The fraction of sp³-hybridized carbons (Fsp3) is 0.778. The van der Waals surface area contributed by atoms with Gasteiger partial charge in [0.1, 0.15) is 0 Å². The zero-order valence-corrected chi connectivity index (χ0v) is 8.28. The third-order valence-electron chi connectivity index (χ3n) is 1.54. The average Bonchev–Trinajstić information content (AvgIpc) is 2.16. The van der Waals surface area contributed by atoms with Gasteiger partial charge in [0.15, 0.2) is 0 Å². The Balaban J connectivity index is 3.77. The van der Waals surface area contributed by atoms with E-state index in [1.807, 2.05) is 13.8 Å². The first-order chi connectivity index (χ1) is 6.26. The fourth-order valence-corrected chi connectivity index (χ4v) is 0.788. The molecule has 0 aromatic heterocycles. The molecule has 0 aromatic rings. The number of carbonyl (C=O) groups is 2. The monoisotopic (exact) mass is 187 g/mol. The highest BCUT2D eigenvalue weighted by atomic mass is 16.6. The summed E-state index contributed by atoms with van der Waals surface area (Å²) in [5, 5.41) is 0. The van der Waals surface area contributed by atoms with E-state index in [1.165, 1.54) is 0 Å². The molecular weight excluding hydrogens is 170 g/mol. The van der Waals surface area contributed by atoms with Crippen molar-refractivity contribution in [2.45, 2.75) is 33.1 Å². The summed E-state index contributed by atoms with van der Waals surface area (Å²) in [6.07, 6.45) is 2.52. The molecule has 0 N–H and O–H groups in total. The Morgan fingerprint density at radius 1 is 1.38 bits per heavy atom. The van der Waals surface area contributed by atoms with E-state index in [0.29, 0.717) is 19.6 Å². The predicted molar refractivity (Wildman–Crippen MR) is 49.3 cm³/mol. The van der Waals surface area contributed by atoms with E-state index in [-0.39, 0.29) is 0 Å². The van der Waals surface area contributed by atoms with Crippen LogP contribution < -0.4 is 0 Å². The van der Waals surface area contributed by atoms with Gasteiger partial charge < -0.3 is 4.74 Å². The zero-order valence-electron chi connectivity index (χ0n) is 8.28. The van der Waals surface area contributed by atoms with Crippen LogP contribution in [0.1, 0.15) is 33.1 Å². The topological polar surface area (TPSA) is 46.6 Å². The first-order valence-corrected chi connectivity index (χ1v) is 4.64. The molecule has 0 atom stereocenters. The molecule has 0 rings (SSSR count). The van der Waals surface area contributed by atoms with Gasteiger partial charge in [0.25, 0.3) is 0 Å². The van der Waals surface area contributed by atoms with Gasteiger partial charge in [0.05, 0.1) is 6.61 Å². The summed E-state index contributed by atoms with van der Waals surface area (Å²) in [4.78, 5) is 22.6. The fourth-order valence-electron chi connectivity index (χ4n) is 0.788. The van der Waals surface area contributed by atoms with Crippen molar-refractivity contribution in [2.75, 3.05) is 13.2 Å². The highest BCUT2D eigenvalue weighted by molar-refractivity contribution is 5.80. The lowest BCUT2D eigenvalue weighted by Crippen LogP contribution is -2.31. The van der Waals surface area contributed by atoms with Crippen LogP contribution in [0.4, 0.5) is 4.79 Å². The Bertz CT molecular complexity index is 159. The second kappa shape index (κ2) is 7.58. The summed E-state index contributed by atoms with van der Waals surface area (Å²) in [7, 11) is 0. The number of amides is 2. The maximum absolute atomic E-state index is 11.1. The molecule has 0 aliphatic rings. The maximum Gasteiger partial charge on any atom is 0.416 e. The van der Waals surface area contributed by atoms with Crippen LogP contribution in [0, 0.1) is 0 Å².